The molecule has 0 aliphatic carbocycles. The third kappa shape index (κ3) is 4.56. The van der Waals surface area contributed by atoms with Gasteiger partial charge in [0.15, 0.2) is 11.6 Å². The highest BCUT2D eigenvalue weighted by Gasteiger charge is 2.27. The second kappa shape index (κ2) is 9.87. The minimum absolute atomic E-state index is 0. The largest absolute Gasteiger partial charge is 0.453 e. The Morgan fingerprint density at radius 2 is 1.89 bits per heavy atom. The van der Waals surface area contributed by atoms with Gasteiger partial charge in [0.05, 0.1) is 10.9 Å². The Labute approximate surface area is 216 Å². The van der Waals surface area contributed by atoms with E-state index in [4.69, 9.17) is 4.74 Å². The molecule has 186 valence electrons. The van der Waals surface area contributed by atoms with Crippen LogP contribution >= 0.6 is 12.4 Å². The van der Waals surface area contributed by atoms with E-state index in [-0.39, 0.29) is 35.7 Å². The van der Waals surface area contributed by atoms with Gasteiger partial charge in [-0.3, -0.25) is 4.79 Å². The summed E-state index contributed by atoms with van der Waals surface area (Å²) < 4.78 is 34.3. The van der Waals surface area contributed by atoms with Gasteiger partial charge in [-0.05, 0) is 66.6 Å². The van der Waals surface area contributed by atoms with Crippen molar-refractivity contribution in [3.05, 3.63) is 102 Å². The number of benzene rings is 2. The summed E-state index contributed by atoms with van der Waals surface area (Å²) in [4.78, 5) is 26.5. The minimum Gasteiger partial charge on any atom is -0.453 e. The molecule has 1 amide bonds. The normalized spacial score (nSPS) is 12.2. The van der Waals surface area contributed by atoms with E-state index in [1.54, 1.807) is 59.9 Å². The van der Waals surface area contributed by atoms with Crippen LogP contribution in [0.4, 0.5) is 26.0 Å². The molecule has 5 aromatic rings. The molecule has 37 heavy (non-hydrogen) atoms. The average molecular weight is 520 g/mol. The molecule has 0 bridgehead atoms. The lowest BCUT2D eigenvalue weighted by Crippen LogP contribution is -2.29. The molecule has 7 nitrogen and oxygen atoms in total. The molecule has 1 aliphatic heterocycles. The smallest absolute Gasteiger partial charge is 0.262 e. The predicted molar refractivity (Wildman–Crippen MR) is 139 cm³/mol. The Balaban J connectivity index is 0.00000280. The van der Waals surface area contributed by atoms with Crippen molar-refractivity contribution < 1.29 is 18.3 Å². The Kier molecular flexibility index (Phi) is 6.45. The molecule has 4 heterocycles. The van der Waals surface area contributed by atoms with E-state index >= 15 is 0 Å². The van der Waals surface area contributed by atoms with Crippen molar-refractivity contribution in [2.75, 3.05) is 16.8 Å². The summed E-state index contributed by atoms with van der Waals surface area (Å²) in [6.45, 7) is 0.441. The Bertz CT molecular complexity index is 1620. The number of aromatic amines is 1. The van der Waals surface area contributed by atoms with Crippen LogP contribution in [0.2, 0.25) is 0 Å². The molecule has 6 rings (SSSR count). The number of ether oxygens (including phenoxy) is 1. The number of nitrogens with zero attached hydrogens (tertiary/aromatic N) is 3. The van der Waals surface area contributed by atoms with Crippen LogP contribution in [-0.4, -0.2) is 27.4 Å². The van der Waals surface area contributed by atoms with Crippen LogP contribution < -0.4 is 15.0 Å². The third-order valence-corrected chi connectivity index (χ3v) is 6.06. The average Bonchev–Trinajstić information content (AvgIpc) is 3.53. The Morgan fingerprint density at radius 3 is 2.76 bits per heavy atom. The topological polar surface area (TPSA) is 83.1 Å². The highest BCUT2D eigenvalue weighted by atomic mass is 35.5. The first kappa shape index (κ1) is 24.2. The van der Waals surface area contributed by atoms with Crippen molar-refractivity contribution in [3.63, 3.8) is 0 Å². The summed E-state index contributed by atoms with van der Waals surface area (Å²) in [6.07, 6.45) is 5.43. The standard InChI is InChI=1S/C27H19F2N5O2.ClH/c28-17-3-5-22-16(14-17)9-13-34(22)27(35)20-2-1-10-30-26(20)33-18-4-6-24(21(29)15-18)36-23-8-12-32-25-19(23)7-11-31-25;/h1-8,10-12,14-15H,9,13H2,(H,30,33)(H,31,32);1H. The molecule has 0 atom stereocenters. The number of nitrogens with one attached hydrogen (secondary N) is 2. The zero-order valence-electron chi connectivity index (χ0n) is 19.2. The van der Waals surface area contributed by atoms with E-state index in [0.717, 1.165) is 10.9 Å². The molecule has 2 aromatic carbocycles. The number of pyridine rings is 2. The summed E-state index contributed by atoms with van der Waals surface area (Å²) in [5, 5.41) is 3.78. The van der Waals surface area contributed by atoms with Gasteiger partial charge >= 0.3 is 0 Å². The van der Waals surface area contributed by atoms with Crippen molar-refractivity contribution in [3.8, 4) is 11.5 Å². The van der Waals surface area contributed by atoms with Crippen molar-refractivity contribution in [2.45, 2.75) is 6.42 Å². The van der Waals surface area contributed by atoms with Crippen molar-refractivity contribution >= 4 is 46.5 Å². The number of fused-ring (bicyclic) bond motifs is 2. The van der Waals surface area contributed by atoms with Crippen molar-refractivity contribution in [1.29, 1.82) is 0 Å². The summed E-state index contributed by atoms with van der Waals surface area (Å²) in [7, 11) is 0. The number of H-pyrrole nitrogens is 1. The molecule has 0 saturated heterocycles. The van der Waals surface area contributed by atoms with Crippen LogP contribution in [0.1, 0.15) is 15.9 Å². The quantitative estimate of drug-likeness (QED) is 0.281. The number of carbonyl (C=O) groups is 1. The van der Waals surface area contributed by atoms with Crippen LogP contribution in [-0.2, 0) is 6.42 Å². The van der Waals surface area contributed by atoms with Gasteiger partial charge in [-0.25, -0.2) is 18.7 Å². The number of halogens is 3. The lowest BCUT2D eigenvalue weighted by molar-refractivity contribution is 0.0990. The van der Waals surface area contributed by atoms with Gasteiger partial charge in [-0.15, -0.1) is 12.4 Å². The molecule has 1 aliphatic rings. The van der Waals surface area contributed by atoms with Gasteiger partial charge in [-0.1, -0.05) is 0 Å². The van der Waals surface area contributed by atoms with Crippen LogP contribution in [0, 0.1) is 11.6 Å². The first-order valence-electron chi connectivity index (χ1n) is 11.3. The number of amides is 1. The van der Waals surface area contributed by atoms with Gasteiger partial charge in [0.1, 0.15) is 23.0 Å². The first-order chi connectivity index (χ1) is 17.6. The fraction of sp³-hybridized carbons (Fsp3) is 0.0741. The van der Waals surface area contributed by atoms with Gasteiger partial charge < -0.3 is 19.9 Å². The molecule has 0 unspecified atom stereocenters. The molecular formula is C27H20ClF2N5O2. The fourth-order valence-electron chi connectivity index (χ4n) is 4.35. The van der Waals surface area contributed by atoms with E-state index in [9.17, 15) is 13.6 Å². The number of rotatable bonds is 5. The Morgan fingerprint density at radius 1 is 1.00 bits per heavy atom. The van der Waals surface area contributed by atoms with E-state index in [2.05, 4.69) is 20.3 Å². The summed E-state index contributed by atoms with van der Waals surface area (Å²) in [6, 6.07) is 15.6. The molecule has 10 heteroatoms. The van der Waals surface area contributed by atoms with E-state index in [1.807, 2.05) is 0 Å². The number of hydrogen-bond donors (Lipinski definition) is 2. The van der Waals surface area contributed by atoms with Gasteiger partial charge in [-0.2, -0.15) is 0 Å². The maximum atomic E-state index is 15.0. The zero-order valence-corrected chi connectivity index (χ0v) is 20.1. The van der Waals surface area contributed by atoms with Gasteiger partial charge in [0.2, 0.25) is 0 Å². The van der Waals surface area contributed by atoms with E-state index < -0.39 is 5.82 Å². The first-order valence-corrected chi connectivity index (χ1v) is 11.3. The zero-order chi connectivity index (χ0) is 24.6. The van der Waals surface area contributed by atoms with Gasteiger partial charge in [0.25, 0.3) is 5.91 Å². The van der Waals surface area contributed by atoms with Gasteiger partial charge in [0, 0.05) is 42.6 Å². The minimum atomic E-state index is -0.584. The van der Waals surface area contributed by atoms with E-state index in [0.29, 0.717) is 41.3 Å². The lowest BCUT2D eigenvalue weighted by Gasteiger charge is -2.19. The molecule has 0 spiro atoms. The molecule has 0 fully saturated rings. The van der Waals surface area contributed by atoms with Crippen molar-refractivity contribution in [2.24, 2.45) is 0 Å². The predicted octanol–water partition coefficient (Wildman–Crippen LogP) is 6.40. The Hall–Kier alpha value is -4.50. The SMILES string of the molecule is Cl.O=C(c1cccnc1Nc1ccc(Oc2ccnc3[nH]ccc23)c(F)c1)N1CCc2cc(F)ccc21. The maximum Gasteiger partial charge on any atom is 0.262 e. The molecule has 2 N–H and O–H groups in total. The molecule has 0 saturated carbocycles. The van der Waals surface area contributed by atoms with Crippen LogP contribution in [0.3, 0.4) is 0 Å². The van der Waals surface area contributed by atoms with Crippen LogP contribution in [0.25, 0.3) is 11.0 Å². The summed E-state index contributed by atoms with van der Waals surface area (Å²) in [5.74, 6) is -0.377. The highest BCUT2D eigenvalue weighted by Crippen LogP contribution is 2.33. The second-order valence-corrected chi connectivity index (χ2v) is 8.30. The molecule has 3 aromatic heterocycles. The second-order valence-electron chi connectivity index (χ2n) is 8.30. The van der Waals surface area contributed by atoms with Crippen LogP contribution in [0.15, 0.2) is 79.3 Å². The lowest BCUT2D eigenvalue weighted by atomic mass is 10.1. The maximum absolute atomic E-state index is 15.0. The molecular weight excluding hydrogens is 500 g/mol. The van der Waals surface area contributed by atoms with E-state index in [1.165, 1.54) is 24.3 Å². The summed E-state index contributed by atoms with van der Waals surface area (Å²) >= 11 is 0. The van der Waals surface area contributed by atoms with Crippen molar-refractivity contribution in [1.82, 2.24) is 15.0 Å². The fourth-order valence-corrected chi connectivity index (χ4v) is 4.35. The number of aromatic nitrogens is 3. The monoisotopic (exact) mass is 519 g/mol. The number of carbonyl (C=O) groups excluding carboxylic acids is 1. The number of hydrogen-bond acceptors (Lipinski definition) is 5. The highest BCUT2D eigenvalue weighted by molar-refractivity contribution is 6.10. The number of anilines is 3. The third-order valence-electron chi connectivity index (χ3n) is 6.06. The molecule has 0 radical (unpaired) electrons. The summed E-state index contributed by atoms with van der Waals surface area (Å²) in [5.41, 5.74) is 2.83. The van der Waals surface area contributed by atoms with Crippen LogP contribution in [0.5, 0.6) is 11.5 Å².